The molecule has 3 aromatic carbocycles. The van der Waals surface area contributed by atoms with E-state index in [1.807, 2.05) is 54.6 Å². The first-order chi connectivity index (χ1) is 17.5. The number of benzene rings is 3. The molecule has 0 aliphatic carbocycles. The highest BCUT2D eigenvalue weighted by molar-refractivity contribution is 6.03. The van der Waals surface area contributed by atoms with Crippen LogP contribution in [0.3, 0.4) is 0 Å². The number of para-hydroxylation sites is 1. The van der Waals surface area contributed by atoms with Crippen LogP contribution in [0.15, 0.2) is 78.9 Å². The Morgan fingerprint density at radius 2 is 1.75 bits per heavy atom. The standard InChI is InChI=1S/C27H24N6O3/c28-25(36)24-26(29-14-16-5-11-20(35)12-6-16)32-33-27(24)30-19-9-7-17(8-10-19)23-13-18(15-34)21-3-1-2-4-22(21)31-23/h1-13,34-35H,14-15H2,(H2,28,36)(H3,29,30,32,33). The van der Waals surface area contributed by atoms with Crippen LogP contribution in [0.1, 0.15) is 21.5 Å². The number of nitrogens with zero attached hydrogens (tertiary/aromatic N) is 2. The number of H-pyrrole nitrogens is 1. The second-order valence-electron chi connectivity index (χ2n) is 8.25. The van der Waals surface area contributed by atoms with Crippen molar-refractivity contribution in [3.8, 4) is 17.0 Å². The van der Waals surface area contributed by atoms with Crippen LogP contribution in [0, 0.1) is 0 Å². The van der Waals surface area contributed by atoms with Gasteiger partial charge in [-0.25, -0.2) is 4.98 Å². The number of anilines is 3. The zero-order chi connectivity index (χ0) is 25.1. The van der Waals surface area contributed by atoms with Gasteiger partial charge in [0, 0.05) is 23.2 Å². The van der Waals surface area contributed by atoms with E-state index in [9.17, 15) is 15.0 Å². The number of phenolic OH excluding ortho intramolecular Hbond substituents is 1. The summed E-state index contributed by atoms with van der Waals surface area (Å²) < 4.78 is 0. The summed E-state index contributed by atoms with van der Waals surface area (Å²) >= 11 is 0. The molecule has 7 N–H and O–H groups in total. The number of aliphatic hydroxyl groups is 1. The van der Waals surface area contributed by atoms with Gasteiger partial charge in [-0.1, -0.05) is 42.5 Å². The number of phenols is 1. The van der Waals surface area contributed by atoms with Crippen molar-refractivity contribution in [2.45, 2.75) is 13.2 Å². The van der Waals surface area contributed by atoms with Gasteiger partial charge in [-0.15, -0.1) is 0 Å². The maximum atomic E-state index is 12.2. The Morgan fingerprint density at radius 1 is 1.00 bits per heavy atom. The minimum absolute atomic E-state index is 0.0749. The Bertz CT molecular complexity index is 1530. The van der Waals surface area contributed by atoms with Gasteiger partial charge in [0.2, 0.25) is 0 Å². The average molecular weight is 481 g/mol. The Labute approximate surface area is 206 Å². The Hall–Kier alpha value is -4.89. The van der Waals surface area contributed by atoms with Gasteiger partial charge in [-0.2, -0.15) is 5.10 Å². The number of pyridine rings is 1. The average Bonchev–Trinajstić information content (AvgIpc) is 3.30. The van der Waals surface area contributed by atoms with Gasteiger partial charge >= 0.3 is 0 Å². The monoisotopic (exact) mass is 480 g/mol. The lowest BCUT2D eigenvalue weighted by Gasteiger charge is -2.10. The van der Waals surface area contributed by atoms with Crippen molar-refractivity contribution in [2.24, 2.45) is 5.73 Å². The first-order valence-electron chi connectivity index (χ1n) is 11.3. The van der Waals surface area contributed by atoms with Crippen LogP contribution in [0.5, 0.6) is 5.75 Å². The molecule has 5 rings (SSSR count). The van der Waals surface area contributed by atoms with E-state index in [1.165, 1.54) is 0 Å². The van der Waals surface area contributed by atoms with Crippen molar-refractivity contribution < 1.29 is 15.0 Å². The molecule has 5 aromatic rings. The number of rotatable bonds is 8. The van der Waals surface area contributed by atoms with Gasteiger partial charge < -0.3 is 26.6 Å². The maximum absolute atomic E-state index is 12.2. The van der Waals surface area contributed by atoms with Gasteiger partial charge in [-0.3, -0.25) is 9.89 Å². The highest BCUT2D eigenvalue weighted by Gasteiger charge is 2.18. The van der Waals surface area contributed by atoms with Crippen molar-refractivity contribution >= 4 is 34.1 Å². The molecule has 0 spiro atoms. The molecule has 0 aliphatic heterocycles. The van der Waals surface area contributed by atoms with Crippen molar-refractivity contribution in [3.63, 3.8) is 0 Å². The number of hydrogen-bond donors (Lipinski definition) is 6. The summed E-state index contributed by atoms with van der Waals surface area (Å²) in [5, 5.41) is 33.4. The van der Waals surface area contributed by atoms with Gasteiger partial charge in [0.15, 0.2) is 5.82 Å². The largest absolute Gasteiger partial charge is 0.508 e. The molecule has 0 atom stereocenters. The topological polar surface area (TPSA) is 149 Å². The van der Waals surface area contributed by atoms with Crippen LogP contribution in [0.2, 0.25) is 0 Å². The summed E-state index contributed by atoms with van der Waals surface area (Å²) in [7, 11) is 0. The molecular formula is C27H24N6O3. The van der Waals surface area contributed by atoms with Crippen LogP contribution < -0.4 is 16.4 Å². The number of nitrogens with two attached hydrogens (primary N) is 1. The summed E-state index contributed by atoms with van der Waals surface area (Å²) in [6, 6.07) is 23.9. The highest BCUT2D eigenvalue weighted by atomic mass is 16.3. The lowest BCUT2D eigenvalue weighted by atomic mass is 10.0. The highest BCUT2D eigenvalue weighted by Crippen LogP contribution is 2.28. The van der Waals surface area contributed by atoms with Gasteiger partial charge in [0.1, 0.15) is 17.1 Å². The molecule has 0 saturated carbocycles. The third-order valence-corrected chi connectivity index (χ3v) is 5.83. The Morgan fingerprint density at radius 3 is 2.47 bits per heavy atom. The quantitative estimate of drug-likeness (QED) is 0.194. The minimum Gasteiger partial charge on any atom is -0.508 e. The van der Waals surface area contributed by atoms with E-state index >= 15 is 0 Å². The van der Waals surface area contributed by atoms with Gasteiger partial charge in [-0.05, 0) is 47.5 Å². The second-order valence-corrected chi connectivity index (χ2v) is 8.25. The number of aromatic amines is 1. The lowest BCUT2D eigenvalue weighted by molar-refractivity contribution is 0.100. The molecule has 180 valence electrons. The summed E-state index contributed by atoms with van der Waals surface area (Å²) in [5.41, 5.74) is 10.7. The van der Waals surface area contributed by atoms with E-state index in [1.54, 1.807) is 24.3 Å². The molecule has 9 heteroatoms. The van der Waals surface area contributed by atoms with Crippen LogP contribution >= 0.6 is 0 Å². The molecule has 0 bridgehead atoms. The smallest absolute Gasteiger partial charge is 0.256 e. The number of fused-ring (bicyclic) bond motifs is 1. The van der Waals surface area contributed by atoms with E-state index in [4.69, 9.17) is 10.7 Å². The number of primary amides is 1. The van der Waals surface area contributed by atoms with Crippen LogP contribution in [0.4, 0.5) is 17.3 Å². The molecule has 0 aliphatic rings. The first-order valence-corrected chi connectivity index (χ1v) is 11.3. The van der Waals surface area contributed by atoms with Crippen molar-refractivity contribution in [1.82, 2.24) is 15.2 Å². The molecule has 0 radical (unpaired) electrons. The number of amides is 1. The van der Waals surface area contributed by atoms with Crippen LogP contribution in [-0.2, 0) is 13.2 Å². The molecule has 1 amide bonds. The zero-order valence-corrected chi connectivity index (χ0v) is 19.2. The fourth-order valence-electron chi connectivity index (χ4n) is 3.99. The van der Waals surface area contributed by atoms with E-state index in [-0.39, 0.29) is 17.9 Å². The number of carbonyl (C=O) groups is 1. The van der Waals surface area contributed by atoms with E-state index in [2.05, 4.69) is 20.8 Å². The summed E-state index contributed by atoms with van der Waals surface area (Å²) in [6.45, 7) is 0.322. The van der Waals surface area contributed by atoms with Crippen molar-refractivity contribution in [3.05, 3.63) is 95.6 Å². The molecule has 2 heterocycles. The van der Waals surface area contributed by atoms with Crippen molar-refractivity contribution in [1.29, 1.82) is 0 Å². The Balaban J connectivity index is 1.35. The third-order valence-electron chi connectivity index (χ3n) is 5.83. The number of nitrogens with one attached hydrogen (secondary N) is 3. The molecule has 0 saturated heterocycles. The molecule has 9 nitrogen and oxygen atoms in total. The number of aliphatic hydroxyl groups excluding tert-OH is 1. The fourth-order valence-corrected chi connectivity index (χ4v) is 3.99. The summed E-state index contributed by atoms with van der Waals surface area (Å²) in [4.78, 5) is 16.9. The normalized spacial score (nSPS) is 10.9. The zero-order valence-electron chi connectivity index (χ0n) is 19.2. The summed E-state index contributed by atoms with van der Waals surface area (Å²) in [6.07, 6.45) is 0. The van der Waals surface area contributed by atoms with E-state index in [0.717, 1.165) is 39.0 Å². The van der Waals surface area contributed by atoms with Gasteiger partial charge in [0.25, 0.3) is 5.91 Å². The van der Waals surface area contributed by atoms with E-state index < -0.39 is 5.91 Å². The molecule has 0 fully saturated rings. The second kappa shape index (κ2) is 9.77. The van der Waals surface area contributed by atoms with Crippen LogP contribution in [-0.4, -0.2) is 31.3 Å². The van der Waals surface area contributed by atoms with Crippen molar-refractivity contribution in [2.75, 3.05) is 10.6 Å². The molecule has 36 heavy (non-hydrogen) atoms. The number of carbonyl (C=O) groups excluding carboxylic acids is 1. The number of aromatic nitrogens is 3. The third kappa shape index (κ3) is 4.68. The fraction of sp³-hybridized carbons (Fsp3) is 0.0741. The SMILES string of the molecule is NC(=O)c1c(NCc2ccc(O)cc2)n[nH]c1Nc1ccc(-c2cc(CO)c3ccccc3n2)cc1. The summed E-state index contributed by atoms with van der Waals surface area (Å²) in [5.74, 6) is 0.244. The minimum atomic E-state index is -0.632. The number of hydrogen-bond acceptors (Lipinski definition) is 7. The first kappa shape index (κ1) is 22.9. The van der Waals surface area contributed by atoms with E-state index in [0.29, 0.717) is 18.2 Å². The molecule has 2 aromatic heterocycles. The van der Waals surface area contributed by atoms with Crippen LogP contribution in [0.25, 0.3) is 22.2 Å². The van der Waals surface area contributed by atoms with Gasteiger partial charge in [0.05, 0.1) is 17.8 Å². The molecule has 0 unspecified atom stereocenters. The lowest BCUT2D eigenvalue weighted by Crippen LogP contribution is -2.15. The maximum Gasteiger partial charge on any atom is 0.256 e. The molecular weight excluding hydrogens is 456 g/mol. The Kier molecular flexibility index (Phi) is 6.21. The number of aromatic hydroxyl groups is 1. The predicted octanol–water partition coefficient (Wildman–Crippen LogP) is 4.28. The predicted molar refractivity (Wildman–Crippen MR) is 139 cm³/mol.